The molecule has 11 aromatic carbocycles. The van der Waals surface area contributed by atoms with Crippen molar-refractivity contribution in [3.63, 3.8) is 0 Å². The first-order chi connectivity index (χ1) is 34.7. The molecule has 0 unspecified atom stereocenters. The van der Waals surface area contributed by atoms with E-state index in [1.807, 2.05) is 12.1 Å². The molecule has 0 amide bonds. The highest BCUT2D eigenvalue weighted by atomic mass is 15.1. The van der Waals surface area contributed by atoms with E-state index in [0.717, 1.165) is 98.6 Å². The maximum atomic E-state index is 11.4. The molecule has 0 saturated heterocycles. The lowest BCUT2D eigenvalue weighted by Crippen LogP contribution is -2.02. The van der Waals surface area contributed by atoms with Gasteiger partial charge in [-0.3, -0.25) is 0 Å². The third-order valence-electron chi connectivity index (χ3n) is 14.8. The van der Waals surface area contributed by atoms with Crippen LogP contribution >= 0.6 is 0 Å². The standard InChI is InChI=1S/C64H36N6/c1-66-48-37-59(69-55-30-14-28-53(63(55)61-42-18-4-2-16-39(42)32-34-57(61)69)67-49-24-10-6-20-44(49)45-21-7-11-25-50(45)67)41(38-65)36-60(48)70-56-31-15-29-54(64(56)62-43-19-5-3-17-40(43)33-35-58(62)70)68-51-26-12-8-22-46(51)47-23-9-13-27-52(47)68/h2-37H. The molecule has 4 heterocycles. The summed E-state index contributed by atoms with van der Waals surface area (Å²) in [4.78, 5) is 4.34. The molecule has 6 heteroatoms. The number of hydrogen-bond acceptors (Lipinski definition) is 1. The van der Waals surface area contributed by atoms with Crippen LogP contribution in [0.2, 0.25) is 0 Å². The second-order valence-corrected chi connectivity index (χ2v) is 18.2. The molecule has 0 aliphatic heterocycles. The van der Waals surface area contributed by atoms with E-state index < -0.39 is 0 Å². The van der Waals surface area contributed by atoms with Crippen molar-refractivity contribution in [3.8, 4) is 28.8 Å². The summed E-state index contributed by atoms with van der Waals surface area (Å²) in [5, 5.41) is 25.0. The Labute approximate surface area is 400 Å². The average Bonchev–Trinajstić information content (AvgIpc) is 4.16. The third-order valence-corrected chi connectivity index (χ3v) is 14.8. The van der Waals surface area contributed by atoms with Crippen LogP contribution in [0.15, 0.2) is 218 Å². The molecule has 0 saturated carbocycles. The Hall–Kier alpha value is -9.88. The molecule has 0 atom stereocenters. The third kappa shape index (κ3) is 5.03. The molecule has 15 rings (SSSR count). The first-order valence-electron chi connectivity index (χ1n) is 23.5. The molecule has 0 fully saturated rings. The summed E-state index contributed by atoms with van der Waals surface area (Å²) in [5.41, 5.74) is 12.6. The van der Waals surface area contributed by atoms with E-state index in [-0.39, 0.29) is 0 Å². The minimum Gasteiger partial charge on any atom is -0.319 e. The first kappa shape index (κ1) is 38.2. The lowest BCUT2D eigenvalue weighted by Gasteiger charge is -2.16. The highest BCUT2D eigenvalue weighted by Gasteiger charge is 2.26. The molecule has 0 aliphatic rings. The zero-order valence-corrected chi connectivity index (χ0v) is 37.5. The summed E-state index contributed by atoms with van der Waals surface area (Å²) in [7, 11) is 0. The van der Waals surface area contributed by atoms with Crippen LogP contribution in [-0.2, 0) is 0 Å². The summed E-state index contributed by atoms with van der Waals surface area (Å²) < 4.78 is 9.20. The van der Waals surface area contributed by atoms with Crippen LogP contribution in [0.5, 0.6) is 0 Å². The van der Waals surface area contributed by atoms with Crippen molar-refractivity contribution in [2.75, 3.05) is 0 Å². The summed E-state index contributed by atoms with van der Waals surface area (Å²) in [6.07, 6.45) is 0. The topological polar surface area (TPSA) is 47.9 Å². The maximum Gasteiger partial charge on any atom is 0.212 e. The molecule has 6 nitrogen and oxygen atoms in total. The summed E-state index contributed by atoms with van der Waals surface area (Å²) in [6, 6.07) is 79.7. The minimum atomic E-state index is 0.442. The zero-order valence-electron chi connectivity index (χ0n) is 37.5. The highest BCUT2D eigenvalue weighted by Crippen LogP contribution is 2.47. The van der Waals surface area contributed by atoms with Crippen molar-refractivity contribution in [3.05, 3.63) is 235 Å². The van der Waals surface area contributed by atoms with E-state index in [0.29, 0.717) is 22.6 Å². The van der Waals surface area contributed by atoms with Crippen LogP contribution in [0.4, 0.5) is 5.69 Å². The van der Waals surface area contributed by atoms with E-state index in [1.54, 1.807) is 0 Å². The normalized spacial score (nSPS) is 12.0. The van der Waals surface area contributed by atoms with E-state index in [4.69, 9.17) is 6.57 Å². The van der Waals surface area contributed by atoms with Gasteiger partial charge in [-0.15, -0.1) is 0 Å². The van der Waals surface area contributed by atoms with Crippen molar-refractivity contribution >= 4 is 114 Å². The van der Waals surface area contributed by atoms with E-state index in [1.165, 1.54) is 21.5 Å². The Morgan fingerprint density at radius 1 is 0.314 bits per heavy atom. The molecular formula is C64H36N6. The van der Waals surface area contributed by atoms with Gasteiger partial charge in [-0.05, 0) is 94.3 Å². The predicted octanol–water partition coefficient (Wildman–Crippen LogP) is 16.8. The second kappa shape index (κ2) is 14.3. The van der Waals surface area contributed by atoms with Gasteiger partial charge < -0.3 is 18.3 Å². The molecule has 0 bridgehead atoms. The van der Waals surface area contributed by atoms with Crippen molar-refractivity contribution < 1.29 is 0 Å². The van der Waals surface area contributed by atoms with Crippen molar-refractivity contribution in [2.45, 2.75) is 0 Å². The van der Waals surface area contributed by atoms with Gasteiger partial charge in [-0.25, -0.2) is 4.85 Å². The number of benzene rings is 11. The fraction of sp³-hybridized carbons (Fsp3) is 0. The van der Waals surface area contributed by atoms with Gasteiger partial charge in [0.05, 0.1) is 79.0 Å². The largest absolute Gasteiger partial charge is 0.319 e. The van der Waals surface area contributed by atoms with E-state index in [9.17, 15) is 5.26 Å². The van der Waals surface area contributed by atoms with E-state index in [2.05, 4.69) is 235 Å². The molecule has 322 valence electrons. The quantitative estimate of drug-likeness (QED) is 0.162. The summed E-state index contributed by atoms with van der Waals surface area (Å²) in [5.74, 6) is 0. The fourth-order valence-corrected chi connectivity index (χ4v) is 12.0. The Morgan fingerprint density at radius 3 is 1.10 bits per heavy atom. The second-order valence-electron chi connectivity index (χ2n) is 18.2. The van der Waals surface area contributed by atoms with Crippen molar-refractivity contribution in [2.24, 2.45) is 0 Å². The molecular weight excluding hydrogens is 853 g/mol. The highest BCUT2D eigenvalue weighted by molar-refractivity contribution is 6.26. The molecule has 0 aliphatic carbocycles. The average molecular weight is 889 g/mol. The molecule has 0 spiro atoms. The molecule has 15 aromatic rings. The lowest BCUT2D eigenvalue weighted by atomic mass is 10.0. The monoisotopic (exact) mass is 888 g/mol. The first-order valence-corrected chi connectivity index (χ1v) is 23.5. The SMILES string of the molecule is [C-]#[N+]c1cc(-n2c3cccc(-n4c5ccccc5c5ccccc54)c3c3c4ccccc4ccc32)c(C#N)cc1-n1c2cccc(-n3c4ccccc4c4ccccc43)c2c2c3ccccc3ccc21. The maximum absolute atomic E-state index is 11.4. The number of para-hydroxylation sites is 4. The number of aromatic nitrogens is 4. The molecule has 0 radical (unpaired) electrons. The van der Waals surface area contributed by atoms with Gasteiger partial charge in [-0.2, -0.15) is 5.26 Å². The van der Waals surface area contributed by atoms with E-state index >= 15 is 0 Å². The fourth-order valence-electron chi connectivity index (χ4n) is 12.0. The van der Waals surface area contributed by atoms with Crippen LogP contribution in [0, 0.1) is 17.9 Å². The Balaban J connectivity index is 1.05. The summed E-state index contributed by atoms with van der Waals surface area (Å²) in [6.45, 7) is 8.95. The van der Waals surface area contributed by atoms with Crippen LogP contribution in [0.3, 0.4) is 0 Å². The van der Waals surface area contributed by atoms with Gasteiger partial charge in [-0.1, -0.05) is 146 Å². The van der Waals surface area contributed by atoms with Gasteiger partial charge in [0.25, 0.3) is 0 Å². The Bertz CT molecular complexity index is 4450. The van der Waals surface area contributed by atoms with Crippen LogP contribution < -0.4 is 0 Å². The van der Waals surface area contributed by atoms with Gasteiger partial charge in [0.15, 0.2) is 0 Å². The van der Waals surface area contributed by atoms with Crippen LogP contribution in [-0.4, -0.2) is 18.3 Å². The smallest absolute Gasteiger partial charge is 0.212 e. The van der Waals surface area contributed by atoms with Gasteiger partial charge in [0, 0.05) is 43.1 Å². The number of fused-ring (bicyclic) bond motifs is 16. The number of hydrogen-bond donors (Lipinski definition) is 0. The van der Waals surface area contributed by atoms with Crippen LogP contribution in [0.1, 0.15) is 5.56 Å². The van der Waals surface area contributed by atoms with Gasteiger partial charge in [0.2, 0.25) is 5.69 Å². The van der Waals surface area contributed by atoms with Gasteiger partial charge in [0.1, 0.15) is 6.07 Å². The Kier molecular flexibility index (Phi) is 7.82. The molecule has 70 heavy (non-hydrogen) atoms. The van der Waals surface area contributed by atoms with Crippen LogP contribution in [0.25, 0.3) is 136 Å². The number of rotatable bonds is 4. The minimum absolute atomic E-state index is 0.442. The Morgan fingerprint density at radius 2 is 0.671 bits per heavy atom. The van der Waals surface area contributed by atoms with Gasteiger partial charge >= 0.3 is 0 Å². The summed E-state index contributed by atoms with van der Waals surface area (Å²) >= 11 is 0. The van der Waals surface area contributed by atoms with Crippen molar-refractivity contribution in [1.82, 2.24) is 18.3 Å². The van der Waals surface area contributed by atoms with Crippen molar-refractivity contribution in [1.29, 1.82) is 5.26 Å². The predicted molar refractivity (Wildman–Crippen MR) is 290 cm³/mol. The number of nitrogens with zero attached hydrogens (tertiary/aromatic N) is 6. The zero-order chi connectivity index (χ0) is 46.2. The molecule has 0 N–H and O–H groups in total. The molecule has 4 aromatic heterocycles. The lowest BCUT2D eigenvalue weighted by molar-refractivity contribution is 1.14. The number of nitriles is 1.